The molecule has 1 aliphatic heterocycles. The van der Waals surface area contributed by atoms with Crippen molar-refractivity contribution in [3.63, 3.8) is 0 Å². The highest BCUT2D eigenvalue weighted by Crippen LogP contribution is 2.48. The van der Waals surface area contributed by atoms with E-state index in [0.29, 0.717) is 0 Å². The highest BCUT2D eigenvalue weighted by Gasteiger charge is 2.44. The van der Waals surface area contributed by atoms with E-state index in [2.05, 4.69) is 77.8 Å². The maximum atomic E-state index is 4.63. The summed E-state index contributed by atoms with van der Waals surface area (Å²) in [7, 11) is 1.82. The highest BCUT2D eigenvalue weighted by molar-refractivity contribution is 14.0. The van der Waals surface area contributed by atoms with Crippen LogP contribution in [0.1, 0.15) is 36.8 Å². The van der Waals surface area contributed by atoms with Gasteiger partial charge in [0, 0.05) is 49.3 Å². The molecular weight excluding hydrogens is 541 g/mol. The highest BCUT2D eigenvalue weighted by atomic mass is 127. The number of pyridine rings is 1. The smallest absolute Gasteiger partial charge is 0.191 e. The molecule has 0 bridgehead atoms. The average molecular weight is 570 g/mol. The van der Waals surface area contributed by atoms with E-state index in [9.17, 15) is 0 Å². The van der Waals surface area contributed by atoms with E-state index in [1.807, 2.05) is 13.2 Å². The molecule has 2 fully saturated rings. The van der Waals surface area contributed by atoms with Crippen LogP contribution in [0.5, 0.6) is 0 Å². The lowest BCUT2D eigenvalue weighted by molar-refractivity contribution is 0.645. The summed E-state index contributed by atoms with van der Waals surface area (Å²) in [5, 5.41) is 6.93. The van der Waals surface area contributed by atoms with Crippen molar-refractivity contribution in [2.45, 2.75) is 37.6 Å². The van der Waals surface area contributed by atoms with Crippen LogP contribution in [0.25, 0.3) is 0 Å². The monoisotopic (exact) mass is 569 g/mol. The van der Waals surface area contributed by atoms with E-state index in [1.165, 1.54) is 36.8 Å². The Kier molecular flexibility index (Phi) is 7.79. The predicted molar refractivity (Wildman–Crippen MR) is 134 cm³/mol. The SMILES string of the molecule is CN=C(NCc1ccc(N2CCCC2)nc1)NCC1(c2cccc(Br)c2)CC1.I. The molecule has 2 N–H and O–H groups in total. The molecule has 4 rings (SSSR count). The maximum absolute atomic E-state index is 4.63. The van der Waals surface area contributed by atoms with Gasteiger partial charge in [0.15, 0.2) is 5.96 Å². The molecule has 2 aromatic rings. The van der Waals surface area contributed by atoms with E-state index in [0.717, 1.165) is 42.4 Å². The second kappa shape index (κ2) is 10.1. The topological polar surface area (TPSA) is 52.6 Å². The van der Waals surface area contributed by atoms with Crippen molar-refractivity contribution in [3.8, 4) is 0 Å². The van der Waals surface area contributed by atoms with Crippen LogP contribution in [0.2, 0.25) is 0 Å². The molecule has 7 heteroatoms. The standard InChI is InChI=1S/C22H28BrN5.HI/c1-24-21(27-16-22(9-10-22)18-5-4-6-19(23)13-18)26-15-17-7-8-20(25-14-17)28-11-2-3-12-28;/h4-8,13-14H,2-3,9-12,15-16H2,1H3,(H2,24,26,27);1H. The number of aliphatic imine (C=N–C) groups is 1. The third-order valence-corrected chi connectivity index (χ3v) is 6.30. The first-order valence-corrected chi connectivity index (χ1v) is 10.9. The van der Waals surface area contributed by atoms with Gasteiger partial charge in [-0.25, -0.2) is 4.98 Å². The molecule has 2 heterocycles. The van der Waals surface area contributed by atoms with E-state index in [4.69, 9.17) is 0 Å². The zero-order chi connectivity index (χ0) is 19.4. The lowest BCUT2D eigenvalue weighted by Gasteiger charge is -2.19. The number of aromatic nitrogens is 1. The summed E-state index contributed by atoms with van der Waals surface area (Å²) in [5.74, 6) is 1.93. The molecule has 2 aliphatic rings. The van der Waals surface area contributed by atoms with Crippen molar-refractivity contribution >= 4 is 51.7 Å². The van der Waals surface area contributed by atoms with E-state index < -0.39 is 0 Å². The second-order valence-corrected chi connectivity index (χ2v) is 8.70. The Balaban J connectivity index is 0.00000240. The Morgan fingerprint density at radius 2 is 1.97 bits per heavy atom. The van der Waals surface area contributed by atoms with Gasteiger partial charge in [-0.1, -0.05) is 34.1 Å². The van der Waals surface area contributed by atoms with Crippen LogP contribution >= 0.6 is 39.9 Å². The minimum atomic E-state index is 0. The summed E-state index contributed by atoms with van der Waals surface area (Å²) in [5.41, 5.74) is 2.80. The second-order valence-electron chi connectivity index (χ2n) is 7.79. The fourth-order valence-corrected chi connectivity index (χ4v) is 4.25. The fraction of sp³-hybridized carbons (Fsp3) is 0.455. The number of anilines is 1. The third-order valence-electron chi connectivity index (χ3n) is 5.81. The molecular formula is C22H29BrIN5. The van der Waals surface area contributed by atoms with Gasteiger partial charge in [-0.2, -0.15) is 0 Å². The average Bonchev–Trinajstić information content (AvgIpc) is 3.32. The summed E-state index contributed by atoms with van der Waals surface area (Å²) in [6, 6.07) is 12.9. The molecule has 0 radical (unpaired) electrons. The number of rotatable bonds is 6. The Morgan fingerprint density at radius 3 is 2.59 bits per heavy atom. The molecule has 1 aliphatic carbocycles. The number of benzene rings is 1. The quantitative estimate of drug-likeness (QED) is 0.306. The summed E-state index contributed by atoms with van der Waals surface area (Å²) < 4.78 is 1.14. The van der Waals surface area contributed by atoms with Gasteiger partial charge in [0.25, 0.3) is 0 Å². The summed E-state index contributed by atoms with van der Waals surface area (Å²) in [4.78, 5) is 11.4. The van der Waals surface area contributed by atoms with Gasteiger partial charge >= 0.3 is 0 Å². The molecule has 1 aromatic carbocycles. The number of nitrogens with zero attached hydrogens (tertiary/aromatic N) is 3. The van der Waals surface area contributed by atoms with Crippen molar-refractivity contribution in [2.24, 2.45) is 4.99 Å². The van der Waals surface area contributed by atoms with E-state index in [-0.39, 0.29) is 29.4 Å². The van der Waals surface area contributed by atoms with Crippen molar-refractivity contribution < 1.29 is 0 Å². The largest absolute Gasteiger partial charge is 0.357 e. The number of halogens is 2. The van der Waals surface area contributed by atoms with Crippen LogP contribution in [0.15, 0.2) is 52.1 Å². The molecule has 1 aromatic heterocycles. The molecule has 0 amide bonds. The van der Waals surface area contributed by atoms with Crippen LogP contribution in [-0.2, 0) is 12.0 Å². The van der Waals surface area contributed by atoms with E-state index >= 15 is 0 Å². The zero-order valence-electron chi connectivity index (χ0n) is 16.8. The lowest BCUT2D eigenvalue weighted by atomic mass is 9.96. The van der Waals surface area contributed by atoms with Crippen molar-refractivity contribution in [3.05, 3.63) is 58.2 Å². The zero-order valence-corrected chi connectivity index (χ0v) is 20.7. The number of hydrogen-bond donors (Lipinski definition) is 2. The van der Waals surface area contributed by atoms with Crippen LogP contribution in [0, 0.1) is 0 Å². The van der Waals surface area contributed by atoms with Gasteiger partial charge in [0.2, 0.25) is 0 Å². The molecule has 1 saturated carbocycles. The van der Waals surface area contributed by atoms with Gasteiger partial charge in [0.1, 0.15) is 5.82 Å². The first kappa shape index (κ1) is 22.3. The minimum absolute atomic E-state index is 0. The molecule has 0 unspecified atom stereocenters. The Labute approximate surface area is 198 Å². The number of guanidine groups is 1. The van der Waals surface area contributed by atoms with Crippen molar-refractivity contribution in [2.75, 3.05) is 31.6 Å². The minimum Gasteiger partial charge on any atom is -0.357 e. The molecule has 0 spiro atoms. The van der Waals surface area contributed by atoms with Crippen LogP contribution in [0.4, 0.5) is 5.82 Å². The first-order valence-electron chi connectivity index (χ1n) is 10.1. The van der Waals surface area contributed by atoms with Gasteiger partial charge in [0.05, 0.1) is 0 Å². The fourth-order valence-electron chi connectivity index (χ4n) is 3.85. The molecule has 0 atom stereocenters. The predicted octanol–water partition coefficient (Wildman–Crippen LogP) is 4.46. The number of nitrogens with one attached hydrogen (secondary N) is 2. The third kappa shape index (κ3) is 5.63. The van der Waals surface area contributed by atoms with Crippen molar-refractivity contribution in [1.82, 2.24) is 15.6 Å². The molecule has 156 valence electrons. The van der Waals surface area contributed by atoms with Gasteiger partial charge in [-0.3, -0.25) is 4.99 Å². The maximum Gasteiger partial charge on any atom is 0.191 e. The first-order chi connectivity index (χ1) is 13.7. The Bertz CT molecular complexity index is 829. The van der Waals surface area contributed by atoms with Crippen LogP contribution < -0.4 is 15.5 Å². The number of hydrogen-bond acceptors (Lipinski definition) is 3. The normalized spacial score (nSPS) is 17.6. The Morgan fingerprint density at radius 1 is 1.17 bits per heavy atom. The van der Waals surface area contributed by atoms with Crippen LogP contribution in [0.3, 0.4) is 0 Å². The molecule has 1 saturated heterocycles. The van der Waals surface area contributed by atoms with Gasteiger partial charge < -0.3 is 15.5 Å². The van der Waals surface area contributed by atoms with Gasteiger partial charge in [-0.15, -0.1) is 24.0 Å². The summed E-state index contributed by atoms with van der Waals surface area (Å²) in [6.45, 7) is 3.87. The van der Waals surface area contributed by atoms with Crippen molar-refractivity contribution in [1.29, 1.82) is 0 Å². The summed E-state index contributed by atoms with van der Waals surface area (Å²) in [6.07, 6.45) is 6.95. The summed E-state index contributed by atoms with van der Waals surface area (Å²) >= 11 is 3.59. The van der Waals surface area contributed by atoms with Gasteiger partial charge in [-0.05, 0) is 55.0 Å². The Hall–Kier alpha value is -1.35. The van der Waals surface area contributed by atoms with Crippen LogP contribution in [-0.4, -0.2) is 37.6 Å². The lowest BCUT2D eigenvalue weighted by Crippen LogP contribution is -2.40. The molecule has 29 heavy (non-hydrogen) atoms. The van der Waals surface area contributed by atoms with E-state index in [1.54, 1.807) is 0 Å². The molecule has 5 nitrogen and oxygen atoms in total.